The van der Waals surface area contributed by atoms with Crippen molar-refractivity contribution < 1.29 is 17.9 Å². The highest BCUT2D eigenvalue weighted by Gasteiger charge is 2.10. The van der Waals surface area contributed by atoms with Crippen LogP contribution < -0.4 is 19.5 Å². The molecule has 3 aromatic rings. The van der Waals surface area contributed by atoms with Crippen molar-refractivity contribution in [3.05, 3.63) is 47.8 Å². The van der Waals surface area contributed by atoms with E-state index in [4.69, 9.17) is 9.47 Å². The van der Waals surface area contributed by atoms with Crippen molar-refractivity contribution in [1.82, 2.24) is 4.98 Å². The van der Waals surface area contributed by atoms with E-state index in [-0.39, 0.29) is 0 Å². The number of sulfonamides is 1. The van der Waals surface area contributed by atoms with Gasteiger partial charge < -0.3 is 14.8 Å². The van der Waals surface area contributed by atoms with E-state index in [1.807, 2.05) is 35.7 Å². The van der Waals surface area contributed by atoms with E-state index in [1.165, 1.54) is 11.3 Å². The lowest BCUT2D eigenvalue weighted by Crippen LogP contribution is -2.09. The number of nitrogens with zero attached hydrogens (tertiary/aromatic N) is 1. The number of rotatable bonds is 7. The van der Waals surface area contributed by atoms with Gasteiger partial charge in [0.1, 0.15) is 11.5 Å². The first-order valence-electron chi connectivity index (χ1n) is 7.91. The number of nitrogens with one attached hydrogen (secondary N) is 2. The van der Waals surface area contributed by atoms with Gasteiger partial charge in [0, 0.05) is 22.7 Å². The number of methoxy groups -OCH3 is 2. The van der Waals surface area contributed by atoms with Crippen LogP contribution in [0.4, 0.5) is 16.5 Å². The molecule has 0 radical (unpaired) electrons. The number of ether oxygens (including phenoxy) is 2. The Bertz CT molecular complexity index is 1030. The van der Waals surface area contributed by atoms with Crippen LogP contribution in [0.15, 0.2) is 47.8 Å². The molecule has 0 aliphatic rings. The molecule has 2 aromatic carbocycles. The summed E-state index contributed by atoms with van der Waals surface area (Å²) in [6.45, 7) is 0. The summed E-state index contributed by atoms with van der Waals surface area (Å²) in [4.78, 5) is 4.58. The zero-order chi connectivity index (χ0) is 19.4. The van der Waals surface area contributed by atoms with Crippen LogP contribution in [-0.4, -0.2) is 33.9 Å². The van der Waals surface area contributed by atoms with Crippen LogP contribution in [0.2, 0.25) is 0 Å². The summed E-state index contributed by atoms with van der Waals surface area (Å²) in [6, 6.07) is 12.5. The normalized spacial score (nSPS) is 11.1. The number of hydrogen-bond acceptors (Lipinski definition) is 7. The Labute approximate surface area is 162 Å². The highest BCUT2D eigenvalue weighted by atomic mass is 32.2. The van der Waals surface area contributed by atoms with Gasteiger partial charge in [0.2, 0.25) is 10.0 Å². The molecule has 27 heavy (non-hydrogen) atoms. The van der Waals surface area contributed by atoms with Crippen LogP contribution in [0.25, 0.3) is 11.3 Å². The van der Waals surface area contributed by atoms with Crippen LogP contribution in [0.1, 0.15) is 0 Å². The van der Waals surface area contributed by atoms with E-state index in [0.29, 0.717) is 22.3 Å². The maximum Gasteiger partial charge on any atom is 0.229 e. The average molecular weight is 406 g/mol. The first kappa shape index (κ1) is 19.0. The molecule has 0 aliphatic carbocycles. The molecule has 0 spiro atoms. The summed E-state index contributed by atoms with van der Waals surface area (Å²) in [5.41, 5.74) is 2.94. The maximum absolute atomic E-state index is 11.3. The summed E-state index contributed by atoms with van der Waals surface area (Å²) in [7, 11) is -0.0832. The van der Waals surface area contributed by atoms with Crippen molar-refractivity contribution >= 4 is 37.9 Å². The van der Waals surface area contributed by atoms with E-state index in [2.05, 4.69) is 15.0 Å². The molecule has 0 unspecified atom stereocenters. The molecular weight excluding hydrogens is 386 g/mol. The van der Waals surface area contributed by atoms with Crippen LogP contribution in [0, 0.1) is 0 Å². The molecule has 142 valence electrons. The van der Waals surface area contributed by atoms with Gasteiger partial charge in [0.25, 0.3) is 0 Å². The Balaban J connectivity index is 1.79. The van der Waals surface area contributed by atoms with E-state index in [1.54, 1.807) is 26.4 Å². The number of benzene rings is 2. The summed E-state index contributed by atoms with van der Waals surface area (Å²) in [5, 5.41) is 5.87. The van der Waals surface area contributed by atoms with E-state index < -0.39 is 10.0 Å². The molecule has 0 amide bonds. The lowest BCUT2D eigenvalue weighted by Gasteiger charge is -2.10. The van der Waals surface area contributed by atoms with Gasteiger partial charge in [-0.1, -0.05) is 12.1 Å². The molecule has 1 aromatic heterocycles. The van der Waals surface area contributed by atoms with Gasteiger partial charge in [0.05, 0.1) is 31.9 Å². The van der Waals surface area contributed by atoms with Gasteiger partial charge in [-0.2, -0.15) is 0 Å². The minimum Gasteiger partial charge on any atom is -0.497 e. The van der Waals surface area contributed by atoms with Crippen molar-refractivity contribution in [1.29, 1.82) is 0 Å². The SMILES string of the molecule is COc1ccc(OC)c(Nc2nc(-c3ccc(NS(C)(=O)=O)cc3)cs2)c1. The molecule has 9 heteroatoms. The molecule has 0 fully saturated rings. The maximum atomic E-state index is 11.3. The molecule has 0 saturated carbocycles. The number of aromatic nitrogens is 1. The Morgan fingerprint density at radius 1 is 1.04 bits per heavy atom. The average Bonchev–Trinajstić information content (AvgIpc) is 3.09. The molecule has 0 bridgehead atoms. The molecule has 0 saturated heterocycles. The Morgan fingerprint density at radius 2 is 1.78 bits per heavy atom. The molecule has 7 nitrogen and oxygen atoms in total. The van der Waals surface area contributed by atoms with Crippen molar-refractivity contribution in [3.8, 4) is 22.8 Å². The smallest absolute Gasteiger partial charge is 0.229 e. The second kappa shape index (κ2) is 7.85. The summed E-state index contributed by atoms with van der Waals surface area (Å²) < 4.78 is 35.6. The van der Waals surface area contributed by atoms with Crippen molar-refractivity contribution in [2.24, 2.45) is 0 Å². The molecule has 3 rings (SSSR count). The molecule has 0 atom stereocenters. The van der Waals surface area contributed by atoms with Gasteiger partial charge in [-0.25, -0.2) is 13.4 Å². The van der Waals surface area contributed by atoms with E-state index in [0.717, 1.165) is 23.2 Å². The first-order chi connectivity index (χ1) is 12.9. The first-order valence-corrected chi connectivity index (χ1v) is 10.7. The second-order valence-corrected chi connectivity index (χ2v) is 8.29. The Kier molecular flexibility index (Phi) is 5.52. The Hall–Kier alpha value is -2.78. The minimum atomic E-state index is -3.29. The lowest BCUT2D eigenvalue weighted by atomic mass is 10.1. The van der Waals surface area contributed by atoms with Crippen molar-refractivity contribution in [3.63, 3.8) is 0 Å². The monoisotopic (exact) mass is 405 g/mol. The topological polar surface area (TPSA) is 89.6 Å². The minimum absolute atomic E-state index is 0.510. The van der Waals surface area contributed by atoms with Gasteiger partial charge >= 0.3 is 0 Å². The lowest BCUT2D eigenvalue weighted by molar-refractivity contribution is 0.405. The number of thiazole rings is 1. The summed E-state index contributed by atoms with van der Waals surface area (Å²) in [5.74, 6) is 1.40. The van der Waals surface area contributed by atoms with E-state index >= 15 is 0 Å². The standard InChI is InChI=1S/C18H19N3O4S2/c1-24-14-8-9-17(25-2)15(10-14)19-18-20-16(11-26-18)12-4-6-13(7-5-12)21-27(3,22)23/h4-11,21H,1-3H3,(H,19,20). The highest BCUT2D eigenvalue weighted by molar-refractivity contribution is 7.92. The molecular formula is C18H19N3O4S2. The quantitative estimate of drug-likeness (QED) is 0.619. The zero-order valence-corrected chi connectivity index (χ0v) is 16.6. The van der Waals surface area contributed by atoms with Crippen LogP contribution in [0.3, 0.4) is 0 Å². The van der Waals surface area contributed by atoms with Gasteiger partial charge in [-0.3, -0.25) is 4.72 Å². The number of anilines is 3. The van der Waals surface area contributed by atoms with Crippen LogP contribution in [-0.2, 0) is 10.0 Å². The molecule has 2 N–H and O–H groups in total. The third-order valence-corrected chi connectivity index (χ3v) is 5.00. The fourth-order valence-corrected chi connectivity index (χ4v) is 3.71. The summed E-state index contributed by atoms with van der Waals surface area (Å²) >= 11 is 1.46. The van der Waals surface area contributed by atoms with Crippen molar-refractivity contribution in [2.45, 2.75) is 0 Å². The highest BCUT2D eigenvalue weighted by Crippen LogP contribution is 2.34. The predicted octanol–water partition coefficient (Wildman–Crippen LogP) is 3.94. The van der Waals surface area contributed by atoms with Crippen LogP contribution >= 0.6 is 11.3 Å². The van der Waals surface area contributed by atoms with E-state index in [9.17, 15) is 8.42 Å². The number of hydrogen-bond donors (Lipinski definition) is 2. The summed E-state index contributed by atoms with van der Waals surface area (Å²) in [6.07, 6.45) is 1.12. The van der Waals surface area contributed by atoms with Crippen molar-refractivity contribution in [2.75, 3.05) is 30.5 Å². The fraction of sp³-hybridized carbons (Fsp3) is 0.167. The van der Waals surface area contributed by atoms with Gasteiger partial charge in [0.15, 0.2) is 5.13 Å². The van der Waals surface area contributed by atoms with Crippen LogP contribution in [0.5, 0.6) is 11.5 Å². The van der Waals surface area contributed by atoms with Gasteiger partial charge in [-0.15, -0.1) is 11.3 Å². The molecule has 0 aliphatic heterocycles. The third kappa shape index (κ3) is 4.89. The zero-order valence-electron chi connectivity index (χ0n) is 15.0. The predicted molar refractivity (Wildman–Crippen MR) is 109 cm³/mol. The van der Waals surface area contributed by atoms with Gasteiger partial charge in [-0.05, 0) is 24.3 Å². The second-order valence-electron chi connectivity index (χ2n) is 5.68. The largest absolute Gasteiger partial charge is 0.497 e. The molecule has 1 heterocycles. The fourth-order valence-electron chi connectivity index (χ4n) is 2.41. The Morgan fingerprint density at radius 3 is 2.41 bits per heavy atom. The third-order valence-electron chi connectivity index (χ3n) is 3.64.